The number of carbonyl (C=O) groups excluding carboxylic acids is 1. The van der Waals surface area contributed by atoms with Crippen molar-refractivity contribution in [3.63, 3.8) is 0 Å². The highest BCUT2D eigenvalue weighted by atomic mass is 16.5. The molecule has 0 saturated carbocycles. The van der Waals surface area contributed by atoms with Crippen molar-refractivity contribution >= 4 is 5.78 Å². The number of phenols is 1. The molecular formula is C11H12O5. The smallest absolute Gasteiger partial charge is 0.169 e. The van der Waals surface area contributed by atoms with Crippen LogP contribution in [0.2, 0.25) is 0 Å². The zero-order valence-electron chi connectivity index (χ0n) is 8.67. The summed E-state index contributed by atoms with van der Waals surface area (Å²) in [6.07, 6.45) is -2.49. The van der Waals surface area contributed by atoms with Crippen molar-refractivity contribution in [1.82, 2.24) is 0 Å². The average Bonchev–Trinajstić information content (AvgIpc) is 2.24. The number of fused-ring (bicyclic) bond motifs is 1. The molecule has 0 fully saturated rings. The lowest BCUT2D eigenvalue weighted by Gasteiger charge is -2.26. The molecule has 5 nitrogen and oxygen atoms in total. The van der Waals surface area contributed by atoms with Gasteiger partial charge in [-0.05, 0) is 6.07 Å². The molecule has 16 heavy (non-hydrogen) atoms. The standard InChI is InChI=1S/C11H12O5/c1-16-5-2-6-10(7(12)3-5)8(13)4-9(14)11(6)15/h2-3,9,11-12,14-15H,4H2,1H3. The predicted octanol–water partition coefficient (Wildman–Crippen LogP) is 0.381. The first-order valence-electron chi connectivity index (χ1n) is 4.85. The number of ether oxygens (including phenoxy) is 1. The summed E-state index contributed by atoms with van der Waals surface area (Å²) >= 11 is 0. The number of methoxy groups -OCH3 is 1. The van der Waals surface area contributed by atoms with Gasteiger partial charge in [-0.15, -0.1) is 0 Å². The monoisotopic (exact) mass is 224 g/mol. The van der Waals surface area contributed by atoms with Gasteiger partial charge in [-0.25, -0.2) is 0 Å². The van der Waals surface area contributed by atoms with E-state index in [4.69, 9.17) is 4.74 Å². The number of aliphatic hydroxyl groups is 2. The van der Waals surface area contributed by atoms with E-state index in [1.54, 1.807) is 0 Å². The van der Waals surface area contributed by atoms with Gasteiger partial charge in [-0.2, -0.15) is 0 Å². The van der Waals surface area contributed by atoms with Gasteiger partial charge < -0.3 is 20.1 Å². The third-order valence-corrected chi connectivity index (χ3v) is 2.71. The SMILES string of the molecule is COc1cc(O)c2c(c1)C(O)C(O)CC2=O. The number of Topliss-reactive ketones (excluding diaryl/α,β-unsaturated/α-hetero) is 1. The molecule has 86 valence electrons. The normalized spacial score (nSPS) is 24.1. The molecule has 2 unspecified atom stereocenters. The van der Waals surface area contributed by atoms with Gasteiger partial charge in [0.2, 0.25) is 0 Å². The molecule has 1 aliphatic rings. The Kier molecular flexibility index (Phi) is 2.57. The number of rotatable bonds is 1. The van der Waals surface area contributed by atoms with Gasteiger partial charge >= 0.3 is 0 Å². The second-order valence-corrected chi connectivity index (χ2v) is 3.75. The Labute approximate surface area is 91.9 Å². The molecule has 2 atom stereocenters. The molecule has 0 heterocycles. The number of benzene rings is 1. The fourth-order valence-electron chi connectivity index (χ4n) is 1.89. The van der Waals surface area contributed by atoms with E-state index in [1.807, 2.05) is 0 Å². The van der Waals surface area contributed by atoms with Crippen molar-refractivity contribution in [1.29, 1.82) is 0 Å². The Hall–Kier alpha value is -1.59. The molecule has 5 heteroatoms. The first-order chi connectivity index (χ1) is 7.54. The maximum absolute atomic E-state index is 11.6. The van der Waals surface area contributed by atoms with Crippen molar-refractivity contribution in [3.8, 4) is 11.5 Å². The van der Waals surface area contributed by atoms with E-state index in [0.717, 1.165) is 0 Å². The van der Waals surface area contributed by atoms with E-state index < -0.39 is 12.2 Å². The van der Waals surface area contributed by atoms with Crippen LogP contribution in [0.4, 0.5) is 0 Å². The third-order valence-electron chi connectivity index (χ3n) is 2.71. The molecule has 0 aliphatic heterocycles. The molecule has 2 rings (SSSR count). The van der Waals surface area contributed by atoms with E-state index in [0.29, 0.717) is 5.75 Å². The minimum absolute atomic E-state index is 0.0681. The summed E-state index contributed by atoms with van der Waals surface area (Å²) < 4.78 is 4.92. The second-order valence-electron chi connectivity index (χ2n) is 3.75. The van der Waals surface area contributed by atoms with Gasteiger partial charge in [0.15, 0.2) is 5.78 Å². The van der Waals surface area contributed by atoms with Crippen molar-refractivity contribution in [3.05, 3.63) is 23.3 Å². The summed E-state index contributed by atoms with van der Waals surface area (Å²) in [4.78, 5) is 11.6. The van der Waals surface area contributed by atoms with Gasteiger partial charge in [0, 0.05) is 18.1 Å². The minimum Gasteiger partial charge on any atom is -0.507 e. The summed E-state index contributed by atoms with van der Waals surface area (Å²) in [5.74, 6) is -0.282. The topological polar surface area (TPSA) is 87.0 Å². The molecule has 1 aromatic carbocycles. The Morgan fingerprint density at radius 2 is 2.06 bits per heavy atom. The average molecular weight is 224 g/mol. The van der Waals surface area contributed by atoms with Gasteiger partial charge in [0.25, 0.3) is 0 Å². The van der Waals surface area contributed by atoms with Crippen molar-refractivity contribution < 1.29 is 24.9 Å². The van der Waals surface area contributed by atoms with Gasteiger partial charge in [0.05, 0.1) is 18.8 Å². The van der Waals surface area contributed by atoms with Crippen LogP contribution < -0.4 is 4.74 Å². The van der Waals surface area contributed by atoms with Crippen LogP contribution in [0.5, 0.6) is 11.5 Å². The lowest BCUT2D eigenvalue weighted by Crippen LogP contribution is -2.29. The Morgan fingerprint density at radius 1 is 1.38 bits per heavy atom. The van der Waals surface area contributed by atoms with Crippen molar-refractivity contribution in [2.24, 2.45) is 0 Å². The van der Waals surface area contributed by atoms with Crippen molar-refractivity contribution in [2.45, 2.75) is 18.6 Å². The van der Waals surface area contributed by atoms with Crippen molar-refractivity contribution in [2.75, 3.05) is 7.11 Å². The number of hydrogen-bond donors (Lipinski definition) is 3. The fourth-order valence-corrected chi connectivity index (χ4v) is 1.89. The van der Waals surface area contributed by atoms with Crippen LogP contribution in [-0.4, -0.2) is 34.3 Å². The minimum atomic E-state index is -1.17. The zero-order valence-corrected chi connectivity index (χ0v) is 8.67. The maximum atomic E-state index is 11.6. The summed E-state index contributed by atoms with van der Waals surface area (Å²) in [5.41, 5.74) is 0.277. The molecule has 0 aromatic heterocycles. The van der Waals surface area contributed by atoms with Crippen LogP contribution in [0.15, 0.2) is 12.1 Å². The van der Waals surface area contributed by atoms with Gasteiger partial charge in [0.1, 0.15) is 17.6 Å². The summed E-state index contributed by atoms with van der Waals surface area (Å²) in [6.45, 7) is 0. The molecule has 0 radical (unpaired) electrons. The largest absolute Gasteiger partial charge is 0.507 e. The number of aromatic hydroxyl groups is 1. The quantitative estimate of drug-likeness (QED) is 0.642. The van der Waals surface area contributed by atoms with Gasteiger partial charge in [-0.1, -0.05) is 0 Å². The van der Waals surface area contributed by atoms with Gasteiger partial charge in [-0.3, -0.25) is 4.79 Å². The fraction of sp³-hybridized carbons (Fsp3) is 0.364. The van der Waals surface area contributed by atoms with Crippen LogP contribution in [0.25, 0.3) is 0 Å². The number of hydrogen-bond acceptors (Lipinski definition) is 5. The zero-order chi connectivity index (χ0) is 11.9. The summed E-state index contributed by atoms with van der Waals surface area (Å²) in [5, 5.41) is 28.8. The first-order valence-corrected chi connectivity index (χ1v) is 4.85. The highest BCUT2D eigenvalue weighted by molar-refractivity contribution is 6.01. The van der Waals surface area contributed by atoms with E-state index in [9.17, 15) is 20.1 Å². The number of aliphatic hydroxyl groups excluding tert-OH is 2. The Bertz CT molecular complexity index is 440. The lowest BCUT2D eigenvalue weighted by molar-refractivity contribution is 0.00833. The molecule has 0 spiro atoms. The molecule has 0 amide bonds. The molecule has 3 N–H and O–H groups in total. The Morgan fingerprint density at radius 3 is 2.69 bits per heavy atom. The van der Waals surface area contributed by atoms with E-state index in [2.05, 4.69) is 0 Å². The van der Waals surface area contributed by atoms with Crippen LogP contribution in [0.3, 0.4) is 0 Å². The second kappa shape index (κ2) is 3.77. The number of ketones is 1. The van der Waals surface area contributed by atoms with Crippen LogP contribution in [0.1, 0.15) is 28.4 Å². The number of phenolic OH excluding ortho intramolecular Hbond substituents is 1. The number of carbonyl (C=O) groups is 1. The molecule has 1 aliphatic carbocycles. The van der Waals surface area contributed by atoms with E-state index in [1.165, 1.54) is 19.2 Å². The summed E-state index contributed by atoms with van der Waals surface area (Å²) in [6, 6.07) is 2.75. The van der Waals surface area contributed by atoms with Crippen LogP contribution in [0, 0.1) is 0 Å². The predicted molar refractivity (Wildman–Crippen MR) is 54.6 cm³/mol. The highest BCUT2D eigenvalue weighted by Gasteiger charge is 2.34. The molecule has 0 saturated heterocycles. The van der Waals surface area contributed by atoms with Crippen LogP contribution in [-0.2, 0) is 0 Å². The van der Waals surface area contributed by atoms with E-state index >= 15 is 0 Å². The molecular weight excluding hydrogens is 212 g/mol. The van der Waals surface area contributed by atoms with E-state index in [-0.39, 0.29) is 29.1 Å². The molecule has 1 aromatic rings. The third kappa shape index (κ3) is 1.54. The Balaban J connectivity index is 2.62. The summed E-state index contributed by atoms with van der Waals surface area (Å²) in [7, 11) is 1.41. The lowest BCUT2D eigenvalue weighted by atomic mass is 9.86. The van der Waals surface area contributed by atoms with Crippen LogP contribution >= 0.6 is 0 Å². The maximum Gasteiger partial charge on any atom is 0.169 e. The highest BCUT2D eigenvalue weighted by Crippen LogP contribution is 2.38. The molecule has 0 bridgehead atoms. The first kappa shape index (κ1) is 10.9.